The van der Waals surface area contributed by atoms with Gasteiger partial charge in [0, 0.05) is 11.9 Å². The van der Waals surface area contributed by atoms with Crippen molar-refractivity contribution in [1.29, 1.82) is 0 Å². The SMILES string of the molecule is Cc1c(NC(=O)c2ccc[nH]2)cccc1C(=O)O. The number of anilines is 1. The first-order chi connectivity index (χ1) is 8.59. The molecule has 0 bridgehead atoms. The maximum atomic E-state index is 11.8. The van der Waals surface area contributed by atoms with E-state index in [-0.39, 0.29) is 11.5 Å². The fraction of sp³-hybridized carbons (Fsp3) is 0.0769. The Morgan fingerprint density at radius 3 is 2.61 bits per heavy atom. The van der Waals surface area contributed by atoms with Crippen LogP contribution in [0, 0.1) is 6.92 Å². The summed E-state index contributed by atoms with van der Waals surface area (Å²) in [5.41, 5.74) is 1.63. The molecule has 0 aliphatic heterocycles. The quantitative estimate of drug-likeness (QED) is 0.774. The van der Waals surface area contributed by atoms with Gasteiger partial charge in [0.25, 0.3) is 5.91 Å². The molecule has 2 aromatic rings. The van der Waals surface area contributed by atoms with Gasteiger partial charge in [0.15, 0.2) is 0 Å². The van der Waals surface area contributed by atoms with Crippen LogP contribution in [-0.2, 0) is 0 Å². The molecule has 0 saturated heterocycles. The number of benzene rings is 1. The molecule has 1 heterocycles. The number of H-pyrrole nitrogens is 1. The molecule has 0 saturated carbocycles. The van der Waals surface area contributed by atoms with E-state index in [1.807, 2.05) is 0 Å². The van der Waals surface area contributed by atoms with Gasteiger partial charge in [0.2, 0.25) is 0 Å². The summed E-state index contributed by atoms with van der Waals surface area (Å²) < 4.78 is 0. The number of carbonyl (C=O) groups excluding carboxylic acids is 1. The van der Waals surface area contributed by atoms with Crippen molar-refractivity contribution < 1.29 is 14.7 Å². The number of aromatic amines is 1. The van der Waals surface area contributed by atoms with E-state index in [9.17, 15) is 9.59 Å². The molecule has 18 heavy (non-hydrogen) atoms. The maximum Gasteiger partial charge on any atom is 0.336 e. The Kier molecular flexibility index (Phi) is 3.14. The molecule has 0 radical (unpaired) electrons. The van der Waals surface area contributed by atoms with Crippen LogP contribution in [0.2, 0.25) is 0 Å². The average molecular weight is 244 g/mol. The van der Waals surface area contributed by atoms with E-state index < -0.39 is 5.97 Å². The van der Waals surface area contributed by atoms with Crippen LogP contribution in [0.25, 0.3) is 0 Å². The summed E-state index contributed by atoms with van der Waals surface area (Å²) in [6.45, 7) is 1.66. The third-order valence-electron chi connectivity index (χ3n) is 2.65. The van der Waals surface area contributed by atoms with E-state index in [2.05, 4.69) is 10.3 Å². The third kappa shape index (κ3) is 2.24. The highest BCUT2D eigenvalue weighted by atomic mass is 16.4. The summed E-state index contributed by atoms with van der Waals surface area (Å²) in [5, 5.41) is 11.7. The van der Waals surface area contributed by atoms with Crippen LogP contribution in [0.1, 0.15) is 26.4 Å². The minimum atomic E-state index is -1.01. The van der Waals surface area contributed by atoms with Crippen molar-refractivity contribution in [2.45, 2.75) is 6.92 Å². The number of carbonyl (C=O) groups is 2. The fourth-order valence-electron chi connectivity index (χ4n) is 1.66. The Morgan fingerprint density at radius 1 is 1.22 bits per heavy atom. The van der Waals surface area contributed by atoms with Gasteiger partial charge in [0.05, 0.1) is 5.56 Å². The van der Waals surface area contributed by atoms with Crippen molar-refractivity contribution in [1.82, 2.24) is 4.98 Å². The molecule has 1 amide bonds. The van der Waals surface area contributed by atoms with Crippen molar-refractivity contribution in [2.24, 2.45) is 0 Å². The number of nitrogens with one attached hydrogen (secondary N) is 2. The molecule has 5 heteroatoms. The van der Waals surface area contributed by atoms with Crippen molar-refractivity contribution >= 4 is 17.6 Å². The van der Waals surface area contributed by atoms with Gasteiger partial charge in [-0.2, -0.15) is 0 Å². The number of hydrogen-bond donors (Lipinski definition) is 3. The number of rotatable bonds is 3. The lowest BCUT2D eigenvalue weighted by Crippen LogP contribution is -2.14. The molecule has 3 N–H and O–H groups in total. The molecule has 92 valence electrons. The molecule has 2 rings (SSSR count). The van der Waals surface area contributed by atoms with E-state index in [0.29, 0.717) is 16.9 Å². The molecule has 0 aliphatic rings. The summed E-state index contributed by atoms with van der Waals surface area (Å²) in [6.07, 6.45) is 1.65. The first kappa shape index (κ1) is 11.9. The van der Waals surface area contributed by atoms with Gasteiger partial charge in [-0.25, -0.2) is 4.79 Å². The second-order valence-electron chi connectivity index (χ2n) is 3.82. The number of carboxylic acid groups (broad SMARTS) is 1. The molecule has 0 fully saturated rings. The zero-order valence-corrected chi connectivity index (χ0v) is 9.73. The van der Waals surface area contributed by atoms with Gasteiger partial charge >= 0.3 is 5.97 Å². The second kappa shape index (κ2) is 4.75. The highest BCUT2D eigenvalue weighted by Crippen LogP contribution is 2.19. The Labute approximate surface area is 103 Å². The van der Waals surface area contributed by atoms with Gasteiger partial charge in [-0.3, -0.25) is 4.79 Å². The van der Waals surface area contributed by atoms with Crippen LogP contribution < -0.4 is 5.32 Å². The Balaban J connectivity index is 2.27. The molecule has 0 atom stereocenters. The van der Waals surface area contributed by atoms with Crippen molar-refractivity contribution in [3.05, 3.63) is 53.3 Å². The fourth-order valence-corrected chi connectivity index (χ4v) is 1.66. The molecule has 0 unspecified atom stereocenters. The summed E-state index contributed by atoms with van der Waals surface area (Å²) in [4.78, 5) is 25.6. The van der Waals surface area contributed by atoms with Gasteiger partial charge in [-0.15, -0.1) is 0 Å². The molecular formula is C13H12N2O3. The standard InChI is InChI=1S/C13H12N2O3/c1-8-9(13(17)18)4-2-5-10(8)15-12(16)11-6-3-7-14-11/h2-7,14H,1H3,(H,15,16)(H,17,18). The Bertz CT molecular complexity index is 588. The summed E-state index contributed by atoms with van der Waals surface area (Å²) in [6, 6.07) is 8.13. The van der Waals surface area contributed by atoms with Crippen LogP contribution in [0.5, 0.6) is 0 Å². The molecule has 1 aromatic heterocycles. The topological polar surface area (TPSA) is 82.2 Å². The van der Waals surface area contributed by atoms with E-state index in [0.717, 1.165) is 0 Å². The number of carboxylic acids is 1. The molecule has 5 nitrogen and oxygen atoms in total. The van der Waals surface area contributed by atoms with E-state index in [1.54, 1.807) is 37.4 Å². The number of hydrogen-bond acceptors (Lipinski definition) is 2. The molecular weight excluding hydrogens is 232 g/mol. The van der Waals surface area contributed by atoms with Gasteiger partial charge in [-0.05, 0) is 36.8 Å². The van der Waals surface area contributed by atoms with Gasteiger partial charge in [-0.1, -0.05) is 6.07 Å². The Morgan fingerprint density at radius 2 is 2.00 bits per heavy atom. The summed E-state index contributed by atoms with van der Waals surface area (Å²) in [7, 11) is 0. The van der Waals surface area contributed by atoms with Crippen LogP contribution in [0.15, 0.2) is 36.5 Å². The second-order valence-corrected chi connectivity index (χ2v) is 3.82. The largest absolute Gasteiger partial charge is 0.478 e. The molecule has 1 aromatic carbocycles. The van der Waals surface area contributed by atoms with Crippen molar-refractivity contribution in [2.75, 3.05) is 5.32 Å². The van der Waals surface area contributed by atoms with Crippen LogP contribution in [0.4, 0.5) is 5.69 Å². The first-order valence-electron chi connectivity index (χ1n) is 5.37. The predicted octanol–water partition coefficient (Wildman–Crippen LogP) is 2.27. The third-order valence-corrected chi connectivity index (χ3v) is 2.65. The molecule has 0 aliphatic carbocycles. The average Bonchev–Trinajstić information content (AvgIpc) is 2.85. The van der Waals surface area contributed by atoms with Gasteiger partial charge in [0.1, 0.15) is 5.69 Å². The summed E-state index contributed by atoms with van der Waals surface area (Å²) in [5.74, 6) is -1.31. The zero-order valence-electron chi connectivity index (χ0n) is 9.73. The maximum absolute atomic E-state index is 11.8. The van der Waals surface area contributed by atoms with Gasteiger partial charge < -0.3 is 15.4 Å². The smallest absolute Gasteiger partial charge is 0.336 e. The monoisotopic (exact) mass is 244 g/mol. The lowest BCUT2D eigenvalue weighted by molar-refractivity contribution is 0.0695. The number of amides is 1. The van der Waals surface area contributed by atoms with Crippen LogP contribution in [0.3, 0.4) is 0 Å². The Hall–Kier alpha value is -2.56. The zero-order chi connectivity index (χ0) is 13.1. The minimum absolute atomic E-state index is 0.180. The predicted molar refractivity (Wildman–Crippen MR) is 66.9 cm³/mol. The lowest BCUT2D eigenvalue weighted by atomic mass is 10.1. The highest BCUT2D eigenvalue weighted by molar-refractivity contribution is 6.04. The van der Waals surface area contributed by atoms with E-state index >= 15 is 0 Å². The number of aromatic carboxylic acids is 1. The molecule has 0 spiro atoms. The van der Waals surface area contributed by atoms with Crippen molar-refractivity contribution in [3.8, 4) is 0 Å². The first-order valence-corrected chi connectivity index (χ1v) is 5.37. The van der Waals surface area contributed by atoms with E-state index in [1.165, 1.54) is 6.07 Å². The normalized spacial score (nSPS) is 10.1. The van der Waals surface area contributed by atoms with Crippen LogP contribution >= 0.6 is 0 Å². The van der Waals surface area contributed by atoms with Crippen molar-refractivity contribution in [3.63, 3.8) is 0 Å². The number of aromatic nitrogens is 1. The minimum Gasteiger partial charge on any atom is -0.478 e. The van der Waals surface area contributed by atoms with Crippen LogP contribution in [-0.4, -0.2) is 22.0 Å². The lowest BCUT2D eigenvalue weighted by Gasteiger charge is -2.09. The highest BCUT2D eigenvalue weighted by Gasteiger charge is 2.13. The summed E-state index contributed by atoms with van der Waals surface area (Å²) >= 11 is 0. The van der Waals surface area contributed by atoms with E-state index in [4.69, 9.17) is 5.11 Å².